The van der Waals surface area contributed by atoms with Crippen LogP contribution in [0.4, 0.5) is 0 Å². The van der Waals surface area contributed by atoms with E-state index in [-0.39, 0.29) is 0 Å². The molecule has 0 atom stereocenters. The third-order valence-electron chi connectivity index (χ3n) is 9.80. The minimum absolute atomic E-state index is 0.370. The Balaban J connectivity index is 1.41. The van der Waals surface area contributed by atoms with Gasteiger partial charge in [0.25, 0.3) is 0 Å². The van der Waals surface area contributed by atoms with E-state index in [1.165, 1.54) is 214 Å². The molecule has 0 radical (unpaired) electrons. The zero-order chi connectivity index (χ0) is 32.8. The molecule has 0 amide bonds. The van der Waals surface area contributed by atoms with Crippen molar-refractivity contribution in [2.24, 2.45) is 0 Å². The maximum atomic E-state index is 12.8. The lowest BCUT2D eigenvalue weighted by atomic mass is 10.0. The predicted octanol–water partition coefficient (Wildman–Crippen LogP) is 15.2. The molecule has 0 aromatic carbocycles. The van der Waals surface area contributed by atoms with Gasteiger partial charge in [-0.15, -0.1) is 22.7 Å². The summed E-state index contributed by atoms with van der Waals surface area (Å²) in [5.41, 5.74) is 2.89. The quantitative estimate of drug-likeness (QED) is 0.0677. The molecule has 0 unspecified atom stereocenters. The molecule has 0 fully saturated rings. The van der Waals surface area contributed by atoms with E-state index >= 15 is 0 Å². The van der Waals surface area contributed by atoms with Gasteiger partial charge in [-0.05, 0) is 59.7 Å². The Bertz CT molecular complexity index is 866. The minimum Gasteiger partial charge on any atom is -0.299 e. The number of unbranched alkanes of at least 4 members (excludes halogenated alkanes) is 26. The number of aryl methyl sites for hydroxylation is 2. The van der Waals surface area contributed by atoms with Crippen LogP contribution in [0.25, 0.3) is 0 Å². The number of thiophene rings is 2. The van der Waals surface area contributed by atoms with E-state index in [1.807, 2.05) is 0 Å². The molecule has 46 heavy (non-hydrogen) atoms. The molecule has 2 rings (SSSR count). The van der Waals surface area contributed by atoms with Gasteiger partial charge in [-0.3, -0.25) is 4.79 Å². The molecule has 2 heterocycles. The fraction of sp³-hybridized carbons (Fsp3) is 0.791. The van der Waals surface area contributed by atoms with Crippen molar-refractivity contribution in [3.8, 4) is 0 Å². The molecule has 0 aliphatic carbocycles. The summed E-state index contributed by atoms with van der Waals surface area (Å²) in [6.45, 7) is 4.59. The van der Waals surface area contributed by atoms with Crippen LogP contribution in [0.1, 0.15) is 215 Å². The van der Waals surface area contributed by atoms with Crippen molar-refractivity contribution in [2.75, 3.05) is 0 Å². The first-order chi connectivity index (χ1) is 22.7. The molecule has 2 aromatic heterocycles. The third-order valence-corrected chi connectivity index (χ3v) is 11.8. The molecule has 0 aliphatic heterocycles. The average molecular weight is 671 g/mol. The van der Waals surface area contributed by atoms with Gasteiger partial charge in [0.1, 0.15) is 5.78 Å². The lowest BCUT2D eigenvalue weighted by Crippen LogP contribution is -2.04. The van der Waals surface area contributed by atoms with Gasteiger partial charge in [-0.25, -0.2) is 0 Å². The first kappa shape index (κ1) is 41.2. The van der Waals surface area contributed by atoms with Crippen LogP contribution in [0.15, 0.2) is 22.9 Å². The monoisotopic (exact) mass is 671 g/mol. The summed E-state index contributed by atoms with van der Waals surface area (Å²) >= 11 is 3.58. The number of hydrogen-bond acceptors (Lipinski definition) is 3. The number of hydrogen-bond donors (Lipinski definition) is 0. The van der Waals surface area contributed by atoms with Crippen molar-refractivity contribution < 1.29 is 4.79 Å². The molecule has 0 N–H and O–H groups in total. The Morgan fingerprint density at radius 3 is 0.957 bits per heavy atom. The Hall–Kier alpha value is -0.930. The largest absolute Gasteiger partial charge is 0.299 e. The first-order valence-electron chi connectivity index (χ1n) is 20.4. The van der Waals surface area contributed by atoms with Crippen molar-refractivity contribution in [2.45, 2.75) is 219 Å². The van der Waals surface area contributed by atoms with E-state index in [4.69, 9.17) is 0 Å². The van der Waals surface area contributed by atoms with Gasteiger partial charge in [0.2, 0.25) is 0 Å². The first-order valence-corrected chi connectivity index (χ1v) is 22.1. The highest BCUT2D eigenvalue weighted by Gasteiger charge is 2.10. The van der Waals surface area contributed by atoms with Crippen LogP contribution in [0, 0.1) is 0 Å². The summed E-state index contributed by atoms with van der Waals surface area (Å²) in [6.07, 6.45) is 43.1. The molecule has 2 aromatic rings. The molecular formula is C43H74OS2. The van der Waals surface area contributed by atoms with Gasteiger partial charge >= 0.3 is 0 Å². The Morgan fingerprint density at radius 1 is 0.413 bits per heavy atom. The lowest BCUT2D eigenvalue weighted by Gasteiger charge is -2.03. The summed E-state index contributed by atoms with van der Waals surface area (Å²) in [5.74, 6) is 0.370. The van der Waals surface area contributed by atoms with Crippen LogP contribution in [0.2, 0.25) is 0 Å². The maximum Gasteiger partial charge on any atom is 0.143 e. The van der Waals surface area contributed by atoms with E-state index in [9.17, 15) is 4.79 Å². The van der Waals surface area contributed by atoms with Gasteiger partial charge in [0.15, 0.2) is 0 Å². The van der Waals surface area contributed by atoms with Crippen LogP contribution in [0.5, 0.6) is 0 Å². The second-order valence-electron chi connectivity index (χ2n) is 14.4. The summed E-state index contributed by atoms with van der Waals surface area (Å²) in [7, 11) is 0. The summed E-state index contributed by atoms with van der Waals surface area (Å²) in [6, 6.07) is 4.61. The van der Waals surface area contributed by atoms with E-state index < -0.39 is 0 Å². The van der Waals surface area contributed by atoms with Crippen LogP contribution in [-0.2, 0) is 30.5 Å². The summed E-state index contributed by atoms with van der Waals surface area (Å²) < 4.78 is 0. The molecule has 0 saturated carbocycles. The number of Topliss-reactive ketones (excluding diaryl/α,β-unsaturated/α-hetero) is 1. The molecule has 0 saturated heterocycles. The van der Waals surface area contributed by atoms with Crippen LogP contribution in [0.3, 0.4) is 0 Å². The third kappa shape index (κ3) is 23.4. The van der Waals surface area contributed by atoms with Crippen molar-refractivity contribution >= 4 is 28.5 Å². The topological polar surface area (TPSA) is 17.1 Å². The molecular weight excluding hydrogens is 597 g/mol. The second kappa shape index (κ2) is 30.2. The highest BCUT2D eigenvalue weighted by molar-refractivity contribution is 7.10. The molecule has 3 heteroatoms. The molecule has 0 spiro atoms. The molecule has 0 aliphatic rings. The maximum absolute atomic E-state index is 12.8. The van der Waals surface area contributed by atoms with Gasteiger partial charge in [-0.2, -0.15) is 0 Å². The molecule has 1 nitrogen and oxygen atoms in total. The van der Waals surface area contributed by atoms with Crippen molar-refractivity contribution in [1.29, 1.82) is 0 Å². The molecule has 0 bridgehead atoms. The predicted molar refractivity (Wildman–Crippen MR) is 209 cm³/mol. The summed E-state index contributed by atoms with van der Waals surface area (Å²) in [5, 5.41) is 4.59. The van der Waals surface area contributed by atoms with E-state index in [2.05, 4.69) is 36.7 Å². The zero-order valence-electron chi connectivity index (χ0n) is 30.7. The minimum atomic E-state index is 0.370. The average Bonchev–Trinajstić information content (AvgIpc) is 3.70. The Kier molecular flexibility index (Phi) is 27.0. The molecule has 264 valence electrons. The number of carbonyl (C=O) groups excluding carboxylic acids is 1. The number of rotatable bonds is 34. The fourth-order valence-corrected chi connectivity index (χ4v) is 8.70. The van der Waals surface area contributed by atoms with E-state index in [0.717, 1.165) is 0 Å². The second-order valence-corrected chi connectivity index (χ2v) is 16.4. The zero-order valence-corrected chi connectivity index (χ0v) is 32.3. The number of ketones is 1. The summed E-state index contributed by atoms with van der Waals surface area (Å²) in [4.78, 5) is 15.3. The van der Waals surface area contributed by atoms with Crippen LogP contribution < -0.4 is 0 Å². The smallest absolute Gasteiger partial charge is 0.143 e. The van der Waals surface area contributed by atoms with Crippen molar-refractivity contribution in [1.82, 2.24) is 0 Å². The van der Waals surface area contributed by atoms with Gasteiger partial charge < -0.3 is 0 Å². The van der Waals surface area contributed by atoms with E-state index in [1.54, 1.807) is 22.7 Å². The number of carbonyl (C=O) groups is 1. The van der Waals surface area contributed by atoms with E-state index in [0.29, 0.717) is 18.6 Å². The normalized spacial score (nSPS) is 11.5. The standard InChI is InChI=1S/C43H74OS2/c1-3-5-7-9-11-13-15-17-19-21-23-25-27-29-31-39-33-42(45-37-39)35-41(44)36-43-34-40(38-46-43)32-30-28-26-24-22-20-18-16-14-12-10-8-6-4-2/h33-34,37-38H,3-32,35-36H2,1-2H3. The SMILES string of the molecule is CCCCCCCCCCCCCCCCc1csc(CC(=O)Cc2cc(CCCCCCCCCCCCCCCC)cs2)c1. The lowest BCUT2D eigenvalue weighted by molar-refractivity contribution is -0.117. The Labute approximate surface area is 295 Å². The van der Waals surface area contributed by atoms with Gasteiger partial charge in [-0.1, -0.05) is 181 Å². The highest BCUT2D eigenvalue weighted by Crippen LogP contribution is 2.22. The van der Waals surface area contributed by atoms with Crippen molar-refractivity contribution in [3.05, 3.63) is 43.8 Å². The van der Waals surface area contributed by atoms with Crippen LogP contribution in [-0.4, -0.2) is 5.78 Å². The highest BCUT2D eigenvalue weighted by atomic mass is 32.1. The van der Waals surface area contributed by atoms with Crippen LogP contribution >= 0.6 is 22.7 Å². The van der Waals surface area contributed by atoms with Gasteiger partial charge in [0, 0.05) is 22.6 Å². The Morgan fingerprint density at radius 2 is 0.674 bits per heavy atom. The van der Waals surface area contributed by atoms with Crippen molar-refractivity contribution in [3.63, 3.8) is 0 Å². The van der Waals surface area contributed by atoms with Gasteiger partial charge in [0.05, 0.1) is 0 Å². The fourth-order valence-electron chi connectivity index (χ4n) is 6.80.